The molecule has 0 aliphatic carbocycles. The Labute approximate surface area is 176 Å². The van der Waals surface area contributed by atoms with E-state index in [0.717, 1.165) is 11.4 Å². The number of ether oxygens (including phenoxy) is 2. The standard InChI is InChI=1S/C19H27ClN4O4S/c1-3-23(4-2)29(25,26)24-10-12-28-19(14-24)18-13-16(21-22-18)9-11-27-17-7-5-15(20)6-8-17/h5-8,13,19H,3-4,9-12,14H2,1-2H3,(H,21,22)/t19-/m0/s1. The van der Waals surface area contributed by atoms with Crippen LogP contribution in [0.5, 0.6) is 5.75 Å². The first-order valence-corrected chi connectivity index (χ1v) is 11.5. The van der Waals surface area contributed by atoms with E-state index in [1.165, 1.54) is 8.61 Å². The Hall–Kier alpha value is -1.65. The Morgan fingerprint density at radius 3 is 2.72 bits per heavy atom. The highest BCUT2D eigenvalue weighted by Gasteiger charge is 2.34. The molecule has 1 N–H and O–H groups in total. The molecule has 0 saturated carbocycles. The number of hydrogen-bond acceptors (Lipinski definition) is 5. The Bertz CT molecular complexity index is 884. The maximum absolute atomic E-state index is 12.8. The van der Waals surface area contributed by atoms with Gasteiger partial charge in [0.15, 0.2) is 0 Å². The summed E-state index contributed by atoms with van der Waals surface area (Å²) in [6, 6.07) is 9.11. The molecule has 1 atom stereocenters. The lowest BCUT2D eigenvalue weighted by Crippen LogP contribution is -2.49. The molecule has 2 heterocycles. The Morgan fingerprint density at radius 2 is 2.03 bits per heavy atom. The second-order valence-electron chi connectivity index (χ2n) is 6.68. The van der Waals surface area contributed by atoms with E-state index in [0.29, 0.717) is 50.0 Å². The highest BCUT2D eigenvalue weighted by atomic mass is 35.5. The predicted molar refractivity (Wildman–Crippen MR) is 111 cm³/mol. The number of hydrogen-bond donors (Lipinski definition) is 1. The van der Waals surface area contributed by atoms with E-state index in [4.69, 9.17) is 21.1 Å². The van der Waals surface area contributed by atoms with Gasteiger partial charge in [0.1, 0.15) is 11.9 Å². The number of nitrogens with one attached hydrogen (secondary N) is 1. The molecule has 3 rings (SSSR count). The Morgan fingerprint density at radius 1 is 1.31 bits per heavy atom. The fourth-order valence-electron chi connectivity index (χ4n) is 3.21. The average Bonchev–Trinajstić information content (AvgIpc) is 3.19. The van der Waals surface area contributed by atoms with E-state index in [1.807, 2.05) is 32.0 Å². The van der Waals surface area contributed by atoms with Crippen molar-refractivity contribution in [2.45, 2.75) is 26.4 Å². The van der Waals surface area contributed by atoms with Crippen LogP contribution in [0, 0.1) is 0 Å². The molecule has 1 aromatic carbocycles. The largest absolute Gasteiger partial charge is 0.493 e. The lowest BCUT2D eigenvalue weighted by atomic mass is 10.2. The van der Waals surface area contributed by atoms with E-state index in [-0.39, 0.29) is 6.54 Å². The number of H-pyrrole nitrogens is 1. The first-order valence-electron chi connectivity index (χ1n) is 9.73. The minimum Gasteiger partial charge on any atom is -0.493 e. The van der Waals surface area contributed by atoms with Crippen molar-refractivity contribution < 1.29 is 17.9 Å². The van der Waals surface area contributed by atoms with Crippen molar-refractivity contribution in [3.8, 4) is 5.75 Å². The van der Waals surface area contributed by atoms with E-state index in [1.54, 1.807) is 12.1 Å². The zero-order valence-corrected chi connectivity index (χ0v) is 18.2. The monoisotopic (exact) mass is 442 g/mol. The number of nitrogens with zero attached hydrogens (tertiary/aromatic N) is 3. The number of morpholine rings is 1. The molecule has 2 aromatic rings. The summed E-state index contributed by atoms with van der Waals surface area (Å²) in [6.45, 7) is 5.99. The van der Waals surface area contributed by atoms with Gasteiger partial charge >= 0.3 is 0 Å². The molecule has 10 heteroatoms. The van der Waals surface area contributed by atoms with Crippen LogP contribution in [0.3, 0.4) is 0 Å². The SMILES string of the molecule is CCN(CC)S(=O)(=O)N1CCO[C@H](c2cc(CCOc3ccc(Cl)cc3)[nH]n2)C1. The van der Waals surface area contributed by atoms with E-state index >= 15 is 0 Å². The van der Waals surface area contributed by atoms with Gasteiger partial charge in [0.05, 0.1) is 18.9 Å². The molecule has 8 nitrogen and oxygen atoms in total. The van der Waals surface area contributed by atoms with Gasteiger partial charge in [-0.15, -0.1) is 0 Å². The van der Waals surface area contributed by atoms with Crippen LogP contribution in [0.15, 0.2) is 30.3 Å². The summed E-state index contributed by atoms with van der Waals surface area (Å²) in [4.78, 5) is 0. The third kappa shape index (κ3) is 5.49. The number of aromatic nitrogens is 2. The first-order chi connectivity index (χ1) is 13.9. The van der Waals surface area contributed by atoms with E-state index in [2.05, 4.69) is 10.2 Å². The van der Waals surface area contributed by atoms with Gasteiger partial charge in [0, 0.05) is 43.3 Å². The highest BCUT2D eigenvalue weighted by molar-refractivity contribution is 7.86. The van der Waals surface area contributed by atoms with Gasteiger partial charge in [-0.25, -0.2) is 0 Å². The van der Waals surface area contributed by atoms with Crippen LogP contribution < -0.4 is 4.74 Å². The van der Waals surface area contributed by atoms with Crippen LogP contribution in [0.2, 0.25) is 5.02 Å². The average molecular weight is 443 g/mol. The van der Waals surface area contributed by atoms with Crippen molar-refractivity contribution in [2.75, 3.05) is 39.4 Å². The summed E-state index contributed by atoms with van der Waals surface area (Å²) in [6.07, 6.45) is 0.250. The van der Waals surface area contributed by atoms with Gasteiger partial charge in [-0.2, -0.15) is 22.1 Å². The molecule has 0 unspecified atom stereocenters. The maximum atomic E-state index is 12.8. The quantitative estimate of drug-likeness (QED) is 0.645. The van der Waals surface area contributed by atoms with Crippen molar-refractivity contribution in [1.29, 1.82) is 0 Å². The summed E-state index contributed by atoms with van der Waals surface area (Å²) in [5.74, 6) is 0.752. The topological polar surface area (TPSA) is 87.8 Å². The smallest absolute Gasteiger partial charge is 0.282 e. The normalized spacial score (nSPS) is 18.3. The molecule has 1 fully saturated rings. The fourth-order valence-corrected chi connectivity index (χ4v) is 4.94. The molecule has 0 spiro atoms. The van der Waals surface area contributed by atoms with Gasteiger partial charge in [0.2, 0.25) is 0 Å². The molecule has 1 aliphatic heterocycles. The minimum absolute atomic E-state index is 0.254. The van der Waals surface area contributed by atoms with Crippen molar-refractivity contribution in [1.82, 2.24) is 18.8 Å². The van der Waals surface area contributed by atoms with Crippen LogP contribution >= 0.6 is 11.6 Å². The number of aromatic amines is 1. The predicted octanol–water partition coefficient (Wildman–Crippen LogP) is 2.64. The van der Waals surface area contributed by atoms with E-state index < -0.39 is 16.3 Å². The number of halogens is 1. The second kappa shape index (κ2) is 9.90. The van der Waals surface area contributed by atoms with Crippen LogP contribution in [0.4, 0.5) is 0 Å². The van der Waals surface area contributed by atoms with Crippen LogP contribution in [-0.2, 0) is 21.4 Å². The molecule has 1 saturated heterocycles. The lowest BCUT2D eigenvalue weighted by Gasteiger charge is -2.34. The second-order valence-corrected chi connectivity index (χ2v) is 9.04. The zero-order chi connectivity index (χ0) is 20.9. The number of benzene rings is 1. The third-order valence-corrected chi connectivity index (χ3v) is 7.23. The van der Waals surface area contributed by atoms with Crippen LogP contribution in [0.25, 0.3) is 0 Å². The van der Waals surface area contributed by atoms with Gasteiger partial charge in [-0.05, 0) is 30.3 Å². The molecule has 29 heavy (non-hydrogen) atoms. The lowest BCUT2D eigenvalue weighted by molar-refractivity contribution is -0.00661. The third-order valence-electron chi connectivity index (χ3n) is 4.82. The zero-order valence-electron chi connectivity index (χ0n) is 16.7. The van der Waals surface area contributed by atoms with Crippen LogP contribution in [-0.4, -0.2) is 66.6 Å². The minimum atomic E-state index is -3.49. The molecule has 1 aromatic heterocycles. The molecular formula is C19H27ClN4O4S. The maximum Gasteiger partial charge on any atom is 0.282 e. The fraction of sp³-hybridized carbons (Fsp3) is 0.526. The van der Waals surface area contributed by atoms with E-state index in [9.17, 15) is 8.42 Å². The Balaban J connectivity index is 1.57. The summed E-state index contributed by atoms with van der Waals surface area (Å²) in [5.41, 5.74) is 1.60. The van der Waals surface area contributed by atoms with Crippen molar-refractivity contribution in [2.24, 2.45) is 0 Å². The van der Waals surface area contributed by atoms with Gasteiger partial charge < -0.3 is 9.47 Å². The Kier molecular flexibility index (Phi) is 7.53. The van der Waals surface area contributed by atoms with Gasteiger partial charge in [-0.1, -0.05) is 25.4 Å². The summed E-state index contributed by atoms with van der Waals surface area (Å²) >= 11 is 5.87. The summed E-state index contributed by atoms with van der Waals surface area (Å²) < 4.78 is 40.0. The molecule has 0 bridgehead atoms. The first kappa shape index (κ1) is 22.0. The highest BCUT2D eigenvalue weighted by Crippen LogP contribution is 2.24. The molecule has 1 aliphatic rings. The van der Waals surface area contributed by atoms with Crippen molar-refractivity contribution in [3.05, 3.63) is 46.7 Å². The van der Waals surface area contributed by atoms with Crippen molar-refractivity contribution in [3.63, 3.8) is 0 Å². The summed E-state index contributed by atoms with van der Waals surface area (Å²) in [7, 11) is -3.49. The van der Waals surface area contributed by atoms with Gasteiger partial charge in [0.25, 0.3) is 10.2 Å². The number of rotatable bonds is 9. The van der Waals surface area contributed by atoms with Crippen LogP contribution in [0.1, 0.15) is 31.3 Å². The van der Waals surface area contributed by atoms with Gasteiger partial charge in [-0.3, -0.25) is 5.10 Å². The molecular weight excluding hydrogens is 416 g/mol. The molecule has 0 radical (unpaired) electrons. The van der Waals surface area contributed by atoms with Crippen molar-refractivity contribution >= 4 is 21.8 Å². The molecule has 160 valence electrons. The summed E-state index contributed by atoms with van der Waals surface area (Å²) in [5, 5.41) is 7.98. The molecule has 0 amide bonds.